The number of ketones is 1. The number of rotatable bonds is 7. The lowest BCUT2D eigenvalue weighted by atomic mass is 10.0. The maximum Gasteiger partial charge on any atom is 0.376 e. The standard InChI is InChI=1S/C12H10N6O4/c13-17-15-5-8-2-1-7(3-9(8)6-16-18-14)10(19)4-11(20)12(21)22/h1-4,19H,5-6H2,(H,21,22). The van der Waals surface area contributed by atoms with Crippen LogP contribution in [0.5, 0.6) is 0 Å². The van der Waals surface area contributed by atoms with E-state index in [0.29, 0.717) is 17.2 Å². The molecule has 10 nitrogen and oxygen atoms in total. The van der Waals surface area contributed by atoms with Crippen LogP contribution in [-0.4, -0.2) is 22.0 Å². The molecule has 0 heterocycles. The third-order valence-corrected chi connectivity index (χ3v) is 2.59. The summed E-state index contributed by atoms with van der Waals surface area (Å²) in [7, 11) is 0. The second-order valence-electron chi connectivity index (χ2n) is 3.96. The van der Waals surface area contributed by atoms with Crippen molar-refractivity contribution in [3.05, 3.63) is 61.9 Å². The Balaban J connectivity index is 3.22. The minimum Gasteiger partial charge on any atom is -0.507 e. The number of nitrogens with zero attached hydrogens (tertiary/aromatic N) is 6. The summed E-state index contributed by atoms with van der Waals surface area (Å²) in [6.45, 7) is -0.0353. The molecule has 0 amide bonds. The largest absolute Gasteiger partial charge is 0.507 e. The van der Waals surface area contributed by atoms with E-state index in [1.165, 1.54) is 18.2 Å². The average Bonchev–Trinajstić information content (AvgIpc) is 2.50. The van der Waals surface area contributed by atoms with Crippen molar-refractivity contribution in [1.82, 2.24) is 0 Å². The fourth-order valence-corrected chi connectivity index (χ4v) is 1.57. The van der Waals surface area contributed by atoms with Crippen molar-refractivity contribution in [2.24, 2.45) is 10.2 Å². The van der Waals surface area contributed by atoms with Crippen LogP contribution in [-0.2, 0) is 22.7 Å². The molecule has 0 unspecified atom stereocenters. The van der Waals surface area contributed by atoms with E-state index in [1.54, 1.807) is 0 Å². The maximum absolute atomic E-state index is 11.0. The lowest BCUT2D eigenvalue weighted by molar-refractivity contribution is -0.146. The van der Waals surface area contributed by atoms with Gasteiger partial charge >= 0.3 is 5.97 Å². The third-order valence-electron chi connectivity index (χ3n) is 2.59. The number of hydrogen-bond donors (Lipinski definition) is 2. The van der Waals surface area contributed by atoms with Crippen molar-refractivity contribution in [2.75, 3.05) is 0 Å². The molecule has 0 bridgehead atoms. The fraction of sp³-hybridized carbons (Fsp3) is 0.167. The number of azide groups is 2. The Hall–Kier alpha value is -3.48. The number of hydrogen-bond acceptors (Lipinski definition) is 5. The van der Waals surface area contributed by atoms with Crippen LogP contribution in [0.1, 0.15) is 16.7 Å². The van der Waals surface area contributed by atoms with Gasteiger partial charge in [0.25, 0.3) is 5.78 Å². The minimum atomic E-state index is -1.69. The summed E-state index contributed by atoms with van der Waals surface area (Å²) in [5.74, 6) is -3.50. The summed E-state index contributed by atoms with van der Waals surface area (Å²) >= 11 is 0. The first-order valence-electron chi connectivity index (χ1n) is 5.81. The summed E-state index contributed by atoms with van der Waals surface area (Å²) in [6.07, 6.45) is 0.572. The van der Waals surface area contributed by atoms with E-state index in [-0.39, 0.29) is 18.7 Å². The molecule has 1 aromatic rings. The Morgan fingerprint density at radius 1 is 1.09 bits per heavy atom. The lowest BCUT2D eigenvalue weighted by Gasteiger charge is -2.08. The van der Waals surface area contributed by atoms with Crippen molar-refractivity contribution < 1.29 is 19.8 Å². The Labute approximate surface area is 123 Å². The van der Waals surface area contributed by atoms with E-state index in [4.69, 9.17) is 16.2 Å². The molecule has 0 saturated carbocycles. The second kappa shape index (κ2) is 7.95. The van der Waals surface area contributed by atoms with Crippen LogP contribution in [0.25, 0.3) is 26.6 Å². The van der Waals surface area contributed by atoms with Crippen molar-refractivity contribution in [3.63, 3.8) is 0 Å². The zero-order valence-electron chi connectivity index (χ0n) is 11.1. The van der Waals surface area contributed by atoms with Gasteiger partial charge in [-0.25, -0.2) is 4.79 Å². The first kappa shape index (κ1) is 16.6. The lowest BCUT2D eigenvalue weighted by Crippen LogP contribution is -2.09. The molecule has 1 rings (SSSR count). The van der Waals surface area contributed by atoms with Gasteiger partial charge in [-0.2, -0.15) is 0 Å². The molecule has 112 valence electrons. The molecule has 0 atom stereocenters. The molecule has 22 heavy (non-hydrogen) atoms. The fourth-order valence-electron chi connectivity index (χ4n) is 1.57. The molecule has 0 radical (unpaired) electrons. The second-order valence-corrected chi connectivity index (χ2v) is 3.96. The van der Waals surface area contributed by atoms with Gasteiger partial charge in [0.15, 0.2) is 0 Å². The van der Waals surface area contributed by atoms with Gasteiger partial charge in [0.1, 0.15) is 5.76 Å². The molecular weight excluding hydrogens is 292 g/mol. The highest BCUT2D eigenvalue weighted by atomic mass is 16.4. The highest BCUT2D eigenvalue weighted by molar-refractivity contribution is 6.38. The molecule has 2 N–H and O–H groups in total. The number of carboxylic acid groups (broad SMARTS) is 1. The van der Waals surface area contributed by atoms with E-state index in [9.17, 15) is 14.7 Å². The smallest absolute Gasteiger partial charge is 0.376 e. The number of carbonyl (C=O) groups is 2. The van der Waals surface area contributed by atoms with Crippen molar-refractivity contribution in [1.29, 1.82) is 0 Å². The highest BCUT2D eigenvalue weighted by Gasteiger charge is 2.11. The molecule has 0 saturated heterocycles. The van der Waals surface area contributed by atoms with Crippen LogP contribution in [0.3, 0.4) is 0 Å². The topological polar surface area (TPSA) is 172 Å². The summed E-state index contributed by atoms with van der Waals surface area (Å²) in [5, 5.41) is 25.0. The summed E-state index contributed by atoms with van der Waals surface area (Å²) < 4.78 is 0. The van der Waals surface area contributed by atoms with E-state index in [0.717, 1.165) is 0 Å². The SMILES string of the molecule is [N-]=[N+]=NCc1ccc(C(O)=CC(=O)C(=O)O)cc1CN=[N+]=[N-]. The number of carbonyl (C=O) groups excluding carboxylic acids is 1. The monoisotopic (exact) mass is 302 g/mol. The Bertz CT molecular complexity index is 729. The van der Waals surface area contributed by atoms with Crippen molar-refractivity contribution in [2.45, 2.75) is 13.1 Å². The van der Waals surface area contributed by atoms with Crippen LogP contribution in [0.4, 0.5) is 0 Å². The normalized spacial score (nSPS) is 10.3. The van der Waals surface area contributed by atoms with Gasteiger partial charge < -0.3 is 10.2 Å². The van der Waals surface area contributed by atoms with E-state index in [2.05, 4.69) is 20.1 Å². The summed E-state index contributed by atoms with van der Waals surface area (Å²) in [6, 6.07) is 4.35. The van der Waals surface area contributed by atoms with Gasteiger partial charge in [0, 0.05) is 21.5 Å². The number of aliphatic hydroxyl groups excluding tert-OH is 1. The van der Waals surface area contributed by atoms with Gasteiger partial charge in [-0.3, -0.25) is 4.79 Å². The maximum atomic E-state index is 11.0. The van der Waals surface area contributed by atoms with E-state index >= 15 is 0 Å². The molecule has 0 spiro atoms. The van der Waals surface area contributed by atoms with E-state index in [1.807, 2.05) is 0 Å². The Morgan fingerprint density at radius 3 is 2.23 bits per heavy atom. The van der Waals surface area contributed by atoms with Crippen LogP contribution in [0, 0.1) is 0 Å². The van der Waals surface area contributed by atoms with Gasteiger partial charge in [0.05, 0.1) is 13.1 Å². The number of aliphatic hydroxyl groups is 1. The van der Waals surface area contributed by atoms with Crippen LogP contribution >= 0.6 is 0 Å². The first-order chi connectivity index (χ1) is 10.5. The van der Waals surface area contributed by atoms with Crippen LogP contribution in [0.15, 0.2) is 34.5 Å². The molecule has 0 aromatic heterocycles. The first-order valence-corrected chi connectivity index (χ1v) is 5.81. The molecule has 10 heteroatoms. The zero-order chi connectivity index (χ0) is 16.5. The van der Waals surface area contributed by atoms with Crippen LogP contribution < -0.4 is 0 Å². The Kier molecular flexibility index (Phi) is 5.99. The molecule has 0 aliphatic heterocycles. The quantitative estimate of drug-likeness (QED) is 0.197. The predicted molar refractivity (Wildman–Crippen MR) is 75.4 cm³/mol. The molecule has 1 aromatic carbocycles. The zero-order valence-corrected chi connectivity index (χ0v) is 11.1. The number of benzene rings is 1. The van der Waals surface area contributed by atoms with Gasteiger partial charge in [0.2, 0.25) is 0 Å². The number of carboxylic acids is 1. The predicted octanol–water partition coefficient (Wildman–Crippen LogP) is 2.86. The molecule has 0 aliphatic carbocycles. The van der Waals surface area contributed by atoms with Crippen molar-refractivity contribution in [3.8, 4) is 0 Å². The van der Waals surface area contributed by atoms with Gasteiger partial charge in [-0.1, -0.05) is 22.4 Å². The molecule has 0 aliphatic rings. The molecule has 0 fully saturated rings. The summed E-state index contributed by atoms with van der Waals surface area (Å²) in [4.78, 5) is 26.7. The average molecular weight is 302 g/mol. The third kappa shape index (κ3) is 4.57. The van der Waals surface area contributed by atoms with Crippen LogP contribution in [0.2, 0.25) is 0 Å². The molecular formula is C12H10N6O4. The van der Waals surface area contributed by atoms with Gasteiger partial charge in [-0.15, -0.1) is 0 Å². The van der Waals surface area contributed by atoms with Gasteiger partial charge in [-0.05, 0) is 28.3 Å². The Morgan fingerprint density at radius 2 is 1.68 bits per heavy atom. The minimum absolute atomic E-state index is 0.0194. The number of aliphatic carboxylic acids is 1. The van der Waals surface area contributed by atoms with E-state index < -0.39 is 17.5 Å². The van der Waals surface area contributed by atoms with Crippen molar-refractivity contribution >= 4 is 17.5 Å². The summed E-state index contributed by atoms with van der Waals surface area (Å²) in [5.41, 5.74) is 17.9. The highest BCUT2D eigenvalue weighted by Crippen LogP contribution is 2.19.